The lowest BCUT2D eigenvalue weighted by molar-refractivity contribution is -0.124. The van der Waals surface area contributed by atoms with Crippen molar-refractivity contribution in [3.8, 4) is 39.8 Å². The van der Waals surface area contributed by atoms with Crippen LogP contribution in [0.1, 0.15) is 64.9 Å². The van der Waals surface area contributed by atoms with E-state index in [1.807, 2.05) is 163 Å². The van der Waals surface area contributed by atoms with E-state index in [2.05, 4.69) is 22.8 Å². The van der Waals surface area contributed by atoms with E-state index in [-0.39, 0.29) is 68.0 Å². The summed E-state index contributed by atoms with van der Waals surface area (Å²) in [6.07, 6.45) is 2.90. The zero-order valence-electron chi connectivity index (χ0n) is 40.3. The average molecular weight is 971 g/mol. The van der Waals surface area contributed by atoms with Gasteiger partial charge in [0.2, 0.25) is 17.7 Å². The van der Waals surface area contributed by atoms with Crippen molar-refractivity contribution in [2.45, 2.75) is 64.3 Å². The number of amides is 3. The summed E-state index contributed by atoms with van der Waals surface area (Å²) in [5, 5.41) is 6.92. The number of oxazole rings is 2. The van der Waals surface area contributed by atoms with Crippen molar-refractivity contribution in [1.29, 1.82) is 0 Å². The molecule has 14 nitrogen and oxygen atoms in total. The molecule has 73 heavy (non-hydrogen) atoms. The van der Waals surface area contributed by atoms with Crippen molar-refractivity contribution >= 4 is 34.5 Å². The van der Waals surface area contributed by atoms with Gasteiger partial charge in [-0.25, -0.2) is 14.8 Å². The molecule has 2 N–H and O–H groups in total. The first-order valence-electron chi connectivity index (χ1n) is 24.4. The van der Waals surface area contributed by atoms with Gasteiger partial charge in [-0.3, -0.25) is 9.59 Å². The Morgan fingerprint density at radius 3 is 2.26 bits per heavy atom. The first-order valence-corrected chi connectivity index (χ1v) is 24.4. The fourth-order valence-corrected chi connectivity index (χ4v) is 10.7. The number of fused-ring (bicyclic) bond motifs is 8. The number of carbonyl (C=O) groups is 3. The van der Waals surface area contributed by atoms with Crippen molar-refractivity contribution in [3.63, 3.8) is 0 Å². The van der Waals surface area contributed by atoms with Gasteiger partial charge in [0.05, 0.1) is 23.9 Å². The van der Waals surface area contributed by atoms with Gasteiger partial charge < -0.3 is 43.1 Å². The lowest BCUT2D eigenvalue weighted by atomic mass is 9.71. The summed E-state index contributed by atoms with van der Waals surface area (Å²) in [7, 11) is 1.65. The van der Waals surface area contributed by atoms with Crippen LogP contribution in [-0.2, 0) is 57.4 Å². The Balaban J connectivity index is 1.15. The number of rotatable bonds is 11. The van der Waals surface area contributed by atoms with E-state index in [0.717, 1.165) is 44.3 Å². The maximum atomic E-state index is 17.0. The van der Waals surface area contributed by atoms with Crippen LogP contribution in [0, 0.1) is 5.92 Å². The molecule has 0 aliphatic carbocycles. The summed E-state index contributed by atoms with van der Waals surface area (Å²) in [6, 6.07) is 44.7. The quantitative estimate of drug-likeness (QED) is 0.128. The van der Waals surface area contributed by atoms with Crippen molar-refractivity contribution in [2.75, 3.05) is 12.0 Å². The summed E-state index contributed by atoms with van der Waals surface area (Å²) < 4.78 is 34.4. The SMILES string of the molecule is COCn1cc2c3c(cccc31)-c1cccc3c1N(Cc1ccccc1)C(=O)[C@@]31c3cc(ccc3OCc3ccccc3)C[C@@H](NC(=O)OCc3ccccc3)C(=O)N[C@H](C(C)C)c3nc(c1o3)-c1ncc-2o1. The number of carbonyl (C=O) groups excluding carboxylic acids is 3. The summed E-state index contributed by atoms with van der Waals surface area (Å²) >= 11 is 0. The van der Waals surface area contributed by atoms with Crippen molar-refractivity contribution in [1.82, 2.24) is 25.2 Å². The minimum absolute atomic E-state index is 0.00236. The molecule has 3 aliphatic rings. The predicted octanol–water partition coefficient (Wildman–Crippen LogP) is 10.7. The van der Waals surface area contributed by atoms with Crippen molar-refractivity contribution in [2.24, 2.45) is 5.92 Å². The molecule has 3 atom stereocenters. The fourth-order valence-electron chi connectivity index (χ4n) is 10.7. The Kier molecular flexibility index (Phi) is 11.5. The number of para-hydroxylation sites is 1. The number of ether oxygens (including phenoxy) is 3. The second kappa shape index (κ2) is 18.5. The van der Waals surface area contributed by atoms with E-state index in [1.165, 1.54) is 0 Å². The van der Waals surface area contributed by atoms with E-state index in [0.29, 0.717) is 33.9 Å². The Hall–Kier alpha value is -8.75. The molecule has 0 fully saturated rings. The number of nitrogens with one attached hydrogen (secondary N) is 2. The van der Waals surface area contributed by atoms with E-state index in [9.17, 15) is 9.59 Å². The first-order chi connectivity index (χ1) is 35.7. The molecule has 0 saturated carbocycles. The van der Waals surface area contributed by atoms with Crippen LogP contribution < -0.4 is 20.3 Å². The molecular formula is C59H50N6O8. The second-order valence-corrected chi connectivity index (χ2v) is 19.0. The molecule has 6 heterocycles. The lowest BCUT2D eigenvalue weighted by Crippen LogP contribution is -2.49. The van der Waals surface area contributed by atoms with Crippen LogP contribution >= 0.6 is 0 Å². The summed E-state index contributed by atoms with van der Waals surface area (Å²) in [4.78, 5) is 57.5. The zero-order chi connectivity index (χ0) is 49.8. The Bertz CT molecular complexity index is 3570. The van der Waals surface area contributed by atoms with Crippen LogP contribution in [0.2, 0.25) is 0 Å². The third kappa shape index (κ3) is 7.81. The number of nitrogens with zero attached hydrogens (tertiary/aromatic N) is 4. The Morgan fingerprint density at radius 1 is 0.808 bits per heavy atom. The second-order valence-electron chi connectivity index (χ2n) is 19.0. The number of aromatic nitrogens is 3. The van der Waals surface area contributed by atoms with Gasteiger partial charge in [0.1, 0.15) is 37.8 Å². The van der Waals surface area contributed by atoms with Crippen LogP contribution in [0.3, 0.4) is 0 Å². The highest BCUT2D eigenvalue weighted by atomic mass is 16.5. The maximum Gasteiger partial charge on any atom is 0.408 e. The highest BCUT2D eigenvalue weighted by Crippen LogP contribution is 2.59. The molecule has 1 spiro atoms. The van der Waals surface area contributed by atoms with Gasteiger partial charge in [-0.15, -0.1) is 0 Å². The highest BCUT2D eigenvalue weighted by Gasteiger charge is 2.60. The van der Waals surface area contributed by atoms with Crippen LogP contribution in [0.5, 0.6) is 5.75 Å². The third-order valence-corrected chi connectivity index (χ3v) is 14.1. The largest absolute Gasteiger partial charge is 0.489 e. The number of anilines is 1. The van der Waals surface area contributed by atoms with E-state index in [4.69, 9.17) is 33.0 Å². The van der Waals surface area contributed by atoms with Crippen LogP contribution in [0.15, 0.2) is 167 Å². The average Bonchev–Trinajstić information content (AvgIpc) is 4.23. The molecule has 14 heteroatoms. The van der Waals surface area contributed by atoms with Crippen LogP contribution in [0.25, 0.3) is 44.9 Å². The molecule has 0 radical (unpaired) electrons. The topological polar surface area (TPSA) is 163 Å². The van der Waals surface area contributed by atoms with Gasteiger partial charge in [0.15, 0.2) is 22.6 Å². The summed E-state index contributed by atoms with van der Waals surface area (Å²) in [6.45, 7) is 4.49. The molecule has 9 aromatic rings. The lowest BCUT2D eigenvalue weighted by Gasteiger charge is -2.31. The van der Waals surface area contributed by atoms with Gasteiger partial charge >= 0.3 is 6.09 Å². The first kappa shape index (κ1) is 45.4. The summed E-state index contributed by atoms with van der Waals surface area (Å²) in [5.41, 5.74) is 6.57. The minimum atomic E-state index is -1.84. The van der Waals surface area contributed by atoms with Gasteiger partial charge in [0, 0.05) is 47.4 Å². The predicted molar refractivity (Wildman–Crippen MR) is 273 cm³/mol. The molecule has 3 amide bonds. The minimum Gasteiger partial charge on any atom is -0.489 e. The maximum absolute atomic E-state index is 17.0. The van der Waals surface area contributed by atoms with Crippen molar-refractivity contribution in [3.05, 3.63) is 203 Å². The van der Waals surface area contributed by atoms with Gasteiger partial charge in [-0.05, 0) is 45.9 Å². The van der Waals surface area contributed by atoms with E-state index >= 15 is 4.79 Å². The van der Waals surface area contributed by atoms with E-state index < -0.39 is 29.5 Å². The normalized spacial score (nSPS) is 17.6. The molecular weight excluding hydrogens is 921 g/mol. The number of methoxy groups -OCH3 is 1. The highest BCUT2D eigenvalue weighted by molar-refractivity contribution is 6.18. The van der Waals surface area contributed by atoms with E-state index in [1.54, 1.807) is 13.3 Å². The van der Waals surface area contributed by atoms with Crippen LogP contribution in [0.4, 0.5) is 10.5 Å². The van der Waals surface area contributed by atoms with Crippen molar-refractivity contribution < 1.29 is 37.4 Å². The number of hydrogen-bond donors (Lipinski definition) is 2. The molecule has 10 bridgehead atoms. The summed E-state index contributed by atoms with van der Waals surface area (Å²) in [5.74, 6) is 0.0665. The Morgan fingerprint density at radius 2 is 1.52 bits per heavy atom. The molecule has 3 aromatic heterocycles. The molecule has 0 saturated heterocycles. The molecule has 3 aliphatic heterocycles. The smallest absolute Gasteiger partial charge is 0.408 e. The fraction of sp³-hybridized carbons (Fsp3) is 0.203. The third-order valence-electron chi connectivity index (χ3n) is 14.1. The van der Waals surface area contributed by atoms with Crippen LogP contribution in [-0.4, -0.2) is 45.6 Å². The molecule has 0 unspecified atom stereocenters. The number of hydrogen-bond acceptors (Lipinski definition) is 10. The standard InChI is InChI=1S/C59H50N6O8/c1-35(2)50-56-63-51-53(73-56)59(44-27-39(25-26-47(44)70-32-37-17-9-5-10-18-37)28-45(54(66)62-50)61-58(68)71-33-38-19-11-6-12-20-38)43-23-13-22-41(52(43)65(57(59)67)30-36-15-7-4-8-16-36)40-21-14-24-46-49(40)42(31-64(46)34-69-3)48-29-60-55(51)72-48/h4-27,29,31,35,45,50H,28,30,32-34H2,1-3H3,(H,61,68)(H,62,66)/t45-,50-,59-/m1/s1. The zero-order valence-corrected chi connectivity index (χ0v) is 40.3. The monoisotopic (exact) mass is 970 g/mol. The molecule has 12 rings (SSSR count). The Labute approximate surface area is 420 Å². The number of benzene rings is 6. The van der Waals surface area contributed by atoms with Gasteiger partial charge in [0.25, 0.3) is 5.91 Å². The number of alkyl carbamates (subject to hydrolysis) is 1. The molecule has 364 valence electrons. The van der Waals surface area contributed by atoms with Gasteiger partial charge in [-0.1, -0.05) is 147 Å². The molecule has 6 aromatic carbocycles. The van der Waals surface area contributed by atoms with Gasteiger partial charge in [-0.2, -0.15) is 0 Å².